The van der Waals surface area contributed by atoms with E-state index < -0.39 is 6.10 Å². The second-order valence-electron chi connectivity index (χ2n) is 10.2. The molecule has 3 aliphatic rings. The van der Waals surface area contributed by atoms with E-state index in [1.807, 2.05) is 35.5 Å². The third kappa shape index (κ3) is 8.59. The van der Waals surface area contributed by atoms with Crippen molar-refractivity contribution in [2.45, 2.75) is 107 Å². The van der Waals surface area contributed by atoms with Crippen LogP contribution in [0.15, 0.2) is 9.98 Å². The normalized spacial score (nSPS) is 30.9. The van der Waals surface area contributed by atoms with Crippen molar-refractivity contribution >= 4 is 29.4 Å². The molecule has 34 heavy (non-hydrogen) atoms. The zero-order chi connectivity index (χ0) is 24.3. The summed E-state index contributed by atoms with van der Waals surface area (Å²) in [6, 6.07) is 1.37. The van der Waals surface area contributed by atoms with Crippen molar-refractivity contribution in [1.29, 1.82) is 0 Å². The summed E-state index contributed by atoms with van der Waals surface area (Å²) in [6.07, 6.45) is 10.9. The Hall–Kier alpha value is -1.00. The van der Waals surface area contributed by atoms with Crippen LogP contribution in [0.5, 0.6) is 0 Å². The Bertz CT molecular complexity index is 676. The molecule has 2 fully saturated rings. The summed E-state index contributed by atoms with van der Waals surface area (Å²) in [5.74, 6) is 0.268. The van der Waals surface area contributed by atoms with Gasteiger partial charge in [0.05, 0.1) is 23.9 Å². The van der Waals surface area contributed by atoms with Gasteiger partial charge in [-0.3, -0.25) is 20.4 Å². The predicted molar refractivity (Wildman–Crippen MR) is 143 cm³/mol. The molecule has 3 rings (SSSR count). The maximum atomic E-state index is 13.1. The van der Waals surface area contributed by atoms with Crippen molar-refractivity contribution in [3.8, 4) is 0 Å². The number of aliphatic hydroxyl groups is 1. The number of aliphatic imine (C=N–C) groups is 2. The first-order valence-corrected chi connectivity index (χ1v) is 14.2. The molecule has 0 radical (unpaired) electrons. The Morgan fingerprint density at radius 2 is 2.15 bits per heavy atom. The van der Waals surface area contributed by atoms with Gasteiger partial charge in [0.2, 0.25) is 5.91 Å². The summed E-state index contributed by atoms with van der Waals surface area (Å²) >= 11 is 1.89. The van der Waals surface area contributed by atoms with Gasteiger partial charge in [0, 0.05) is 62.7 Å². The lowest BCUT2D eigenvalue weighted by molar-refractivity contribution is -0.138. The number of hydrogen-bond acceptors (Lipinski definition) is 8. The number of carbonyl (C=O) groups excluding carboxylic acids is 1. The lowest BCUT2D eigenvalue weighted by Crippen LogP contribution is -2.53. The first kappa shape index (κ1) is 27.6. The molecule has 1 aliphatic heterocycles. The minimum atomic E-state index is -0.483. The second-order valence-corrected chi connectivity index (χ2v) is 11.3. The van der Waals surface area contributed by atoms with Crippen LogP contribution in [-0.2, 0) is 4.79 Å². The molecular weight excluding hydrogens is 448 g/mol. The average Bonchev–Trinajstić information content (AvgIpc) is 3.29. The van der Waals surface area contributed by atoms with Gasteiger partial charge in [0.15, 0.2) is 0 Å². The van der Waals surface area contributed by atoms with Crippen LogP contribution in [0.4, 0.5) is 0 Å². The van der Waals surface area contributed by atoms with Crippen LogP contribution in [0.1, 0.15) is 71.6 Å². The van der Waals surface area contributed by atoms with E-state index >= 15 is 0 Å². The maximum absolute atomic E-state index is 13.1. The van der Waals surface area contributed by atoms with Crippen molar-refractivity contribution in [3.63, 3.8) is 0 Å². The molecule has 1 amide bonds. The van der Waals surface area contributed by atoms with Crippen LogP contribution < -0.4 is 16.0 Å². The molecule has 8 nitrogen and oxygen atoms in total. The summed E-state index contributed by atoms with van der Waals surface area (Å²) in [4.78, 5) is 23.8. The Kier molecular flexibility index (Phi) is 11.8. The van der Waals surface area contributed by atoms with E-state index in [2.05, 4.69) is 32.9 Å². The molecule has 2 saturated carbocycles. The molecule has 7 unspecified atom stereocenters. The van der Waals surface area contributed by atoms with Crippen molar-refractivity contribution in [2.75, 3.05) is 26.8 Å². The van der Waals surface area contributed by atoms with Crippen LogP contribution in [0.2, 0.25) is 0 Å². The summed E-state index contributed by atoms with van der Waals surface area (Å²) in [6.45, 7) is 5.71. The highest BCUT2D eigenvalue weighted by Gasteiger charge is 2.34. The number of thioether (sulfide) groups is 1. The molecule has 0 aromatic heterocycles. The first-order valence-electron chi connectivity index (χ1n) is 13.3. The van der Waals surface area contributed by atoms with Crippen LogP contribution >= 0.6 is 11.8 Å². The summed E-state index contributed by atoms with van der Waals surface area (Å²) in [7, 11) is 1.82. The van der Waals surface area contributed by atoms with E-state index in [1.165, 1.54) is 12.8 Å². The fraction of sp³-hybridized carbons (Fsp3) is 0.880. The molecule has 2 aliphatic carbocycles. The first-order chi connectivity index (χ1) is 16.5. The second kappa shape index (κ2) is 14.5. The highest BCUT2D eigenvalue weighted by Crippen LogP contribution is 2.34. The van der Waals surface area contributed by atoms with Crippen molar-refractivity contribution in [1.82, 2.24) is 20.9 Å². The number of rotatable bonds is 13. The number of hydrogen-bond donors (Lipinski definition) is 4. The minimum Gasteiger partial charge on any atom is -0.392 e. The van der Waals surface area contributed by atoms with Crippen LogP contribution in [-0.4, -0.2) is 90.1 Å². The third-order valence-electron chi connectivity index (χ3n) is 7.26. The molecule has 0 bridgehead atoms. The van der Waals surface area contributed by atoms with E-state index in [0.29, 0.717) is 36.6 Å². The highest BCUT2D eigenvalue weighted by molar-refractivity contribution is 8.12. The van der Waals surface area contributed by atoms with Gasteiger partial charge in [0.1, 0.15) is 0 Å². The topological polar surface area (TPSA) is 101 Å². The van der Waals surface area contributed by atoms with Gasteiger partial charge in [-0.2, -0.15) is 0 Å². The summed E-state index contributed by atoms with van der Waals surface area (Å²) in [5, 5.41) is 21.6. The van der Waals surface area contributed by atoms with Crippen molar-refractivity contribution in [2.24, 2.45) is 15.9 Å². The van der Waals surface area contributed by atoms with Crippen LogP contribution in [0.25, 0.3) is 0 Å². The molecule has 194 valence electrons. The molecule has 0 aromatic carbocycles. The Morgan fingerprint density at radius 3 is 2.91 bits per heavy atom. The van der Waals surface area contributed by atoms with E-state index in [1.54, 1.807) is 6.92 Å². The average molecular weight is 495 g/mol. The Labute approximate surface area is 210 Å². The molecular formula is C25H46N6O2S. The number of fused-ring (bicyclic) bond motifs is 1. The van der Waals surface area contributed by atoms with Gasteiger partial charge in [0.25, 0.3) is 0 Å². The van der Waals surface area contributed by atoms with Crippen molar-refractivity contribution < 1.29 is 9.90 Å². The third-order valence-corrected chi connectivity index (χ3v) is 8.36. The minimum absolute atomic E-state index is 0.0546. The molecule has 9 heteroatoms. The Balaban J connectivity index is 1.44. The maximum Gasteiger partial charge on any atom is 0.225 e. The molecule has 0 saturated heterocycles. The lowest BCUT2D eigenvalue weighted by atomic mass is 9.84. The Morgan fingerprint density at radius 1 is 1.29 bits per heavy atom. The van der Waals surface area contributed by atoms with Gasteiger partial charge in [-0.1, -0.05) is 13.3 Å². The van der Waals surface area contributed by atoms with Gasteiger partial charge >= 0.3 is 0 Å². The zero-order valence-corrected chi connectivity index (χ0v) is 22.1. The molecule has 7 atom stereocenters. The number of nitrogens with one attached hydrogen (secondary N) is 3. The SMILES string of the molecule is CCCN(CC(C)O)C(=O)C1CCCC(NCNC(CC=NC)NC2CCC3N=CSC3C2)C1. The number of amides is 1. The molecule has 0 spiro atoms. The van der Waals surface area contributed by atoms with E-state index in [9.17, 15) is 9.90 Å². The molecule has 4 N–H and O–H groups in total. The summed E-state index contributed by atoms with van der Waals surface area (Å²) in [5.41, 5.74) is 2.04. The number of aliphatic hydroxyl groups excluding tert-OH is 1. The molecule has 1 heterocycles. The van der Waals surface area contributed by atoms with Gasteiger partial charge in [-0.25, -0.2) is 0 Å². The van der Waals surface area contributed by atoms with Gasteiger partial charge in [-0.05, 0) is 51.9 Å². The largest absolute Gasteiger partial charge is 0.392 e. The van der Waals surface area contributed by atoms with Crippen LogP contribution in [0.3, 0.4) is 0 Å². The van der Waals surface area contributed by atoms with E-state index in [-0.39, 0.29) is 18.0 Å². The van der Waals surface area contributed by atoms with Crippen molar-refractivity contribution in [3.05, 3.63) is 0 Å². The fourth-order valence-electron chi connectivity index (χ4n) is 5.54. The number of carbonyl (C=O) groups is 1. The predicted octanol–water partition coefficient (Wildman–Crippen LogP) is 2.37. The highest BCUT2D eigenvalue weighted by atomic mass is 32.2. The lowest BCUT2D eigenvalue weighted by Gasteiger charge is -2.35. The fourth-order valence-corrected chi connectivity index (χ4v) is 6.66. The number of nitrogens with zero attached hydrogens (tertiary/aromatic N) is 3. The van der Waals surface area contributed by atoms with Crippen LogP contribution in [0, 0.1) is 5.92 Å². The zero-order valence-electron chi connectivity index (χ0n) is 21.3. The van der Waals surface area contributed by atoms with E-state index in [4.69, 9.17) is 0 Å². The van der Waals surface area contributed by atoms with Gasteiger partial charge in [-0.15, -0.1) is 11.8 Å². The smallest absolute Gasteiger partial charge is 0.225 e. The monoisotopic (exact) mass is 494 g/mol. The van der Waals surface area contributed by atoms with E-state index in [0.717, 1.165) is 51.5 Å². The summed E-state index contributed by atoms with van der Waals surface area (Å²) < 4.78 is 0. The standard InChI is InChI=1S/C25H46N6O2S/c1-4-12-31(15-18(2)32)25(33)19-6-5-7-20(13-19)27-16-28-24(10-11-26-3)30-21-8-9-22-23(14-21)34-17-29-22/h11,17-24,27-28,30,32H,4-10,12-16H2,1-3H3. The molecule has 0 aromatic rings. The quantitative estimate of drug-likeness (QED) is 0.232. The van der Waals surface area contributed by atoms with Gasteiger partial charge < -0.3 is 20.3 Å².